The van der Waals surface area contributed by atoms with Crippen molar-refractivity contribution in [2.24, 2.45) is 11.8 Å². The number of amides is 3. The molecule has 0 aliphatic carbocycles. The van der Waals surface area contributed by atoms with Gasteiger partial charge in [-0.15, -0.1) is 0 Å². The lowest BCUT2D eigenvalue weighted by atomic mass is 10.0. The van der Waals surface area contributed by atoms with E-state index in [0.717, 1.165) is 19.3 Å². The van der Waals surface area contributed by atoms with Crippen LogP contribution in [0.15, 0.2) is 30.3 Å². The largest absolute Gasteiger partial charge is 0.352 e. The van der Waals surface area contributed by atoms with E-state index in [9.17, 15) is 9.59 Å². The topological polar surface area (TPSA) is 70.2 Å². The van der Waals surface area contributed by atoms with Gasteiger partial charge in [0.05, 0.1) is 0 Å². The Bertz CT molecular complexity index is 529. The predicted molar refractivity (Wildman–Crippen MR) is 104 cm³/mol. The van der Waals surface area contributed by atoms with Gasteiger partial charge in [-0.05, 0) is 37.3 Å². The number of carbonyl (C=O) groups is 2. The van der Waals surface area contributed by atoms with Gasteiger partial charge in [-0.1, -0.05) is 58.7 Å². The average molecular weight is 348 g/mol. The number of anilines is 1. The van der Waals surface area contributed by atoms with E-state index >= 15 is 0 Å². The highest BCUT2D eigenvalue weighted by atomic mass is 16.2. The second-order valence-corrected chi connectivity index (χ2v) is 7.42. The number of para-hydroxylation sites is 1. The maximum Gasteiger partial charge on any atom is 0.319 e. The molecule has 2 unspecified atom stereocenters. The zero-order valence-electron chi connectivity index (χ0n) is 16.1. The average Bonchev–Trinajstić information content (AvgIpc) is 2.52. The fraction of sp³-hybridized carbons (Fsp3) is 0.600. The zero-order valence-corrected chi connectivity index (χ0v) is 16.1. The Morgan fingerprint density at radius 2 is 1.56 bits per heavy atom. The van der Waals surface area contributed by atoms with Gasteiger partial charge in [0.2, 0.25) is 5.91 Å². The van der Waals surface area contributed by atoms with Crippen molar-refractivity contribution >= 4 is 17.6 Å². The summed E-state index contributed by atoms with van der Waals surface area (Å²) in [6.07, 6.45) is 3.20. The minimum Gasteiger partial charge on any atom is -0.352 e. The highest BCUT2D eigenvalue weighted by Gasteiger charge is 2.25. The van der Waals surface area contributed by atoms with Crippen LogP contribution in [0, 0.1) is 11.8 Å². The number of hydrogen-bond acceptors (Lipinski definition) is 2. The van der Waals surface area contributed by atoms with Crippen molar-refractivity contribution in [3.05, 3.63) is 30.3 Å². The number of urea groups is 1. The standard InChI is InChI=1S/C20H33N3O2/c1-14(2)10-9-11-16(5)21-19(24)18(15(3)4)23-20(25)22-17-12-7-6-8-13-17/h6-8,12-16,18H,9-11H2,1-5H3,(H,21,24)(H2,22,23,25). The maximum atomic E-state index is 12.5. The second kappa shape index (κ2) is 10.7. The lowest BCUT2D eigenvalue weighted by Crippen LogP contribution is -2.52. The van der Waals surface area contributed by atoms with Gasteiger partial charge in [-0.3, -0.25) is 4.79 Å². The van der Waals surface area contributed by atoms with E-state index < -0.39 is 6.04 Å². The fourth-order valence-electron chi connectivity index (χ4n) is 2.60. The monoisotopic (exact) mass is 347 g/mol. The molecular weight excluding hydrogens is 314 g/mol. The molecule has 5 nitrogen and oxygen atoms in total. The fourth-order valence-corrected chi connectivity index (χ4v) is 2.60. The van der Waals surface area contributed by atoms with E-state index in [1.165, 1.54) is 0 Å². The van der Waals surface area contributed by atoms with Crippen LogP contribution in [0.4, 0.5) is 10.5 Å². The van der Waals surface area contributed by atoms with E-state index in [1.54, 1.807) is 12.1 Å². The van der Waals surface area contributed by atoms with E-state index in [1.807, 2.05) is 39.0 Å². The molecule has 2 atom stereocenters. The van der Waals surface area contributed by atoms with Crippen molar-refractivity contribution in [3.63, 3.8) is 0 Å². The lowest BCUT2D eigenvalue weighted by Gasteiger charge is -2.24. The molecule has 0 aromatic heterocycles. The third-order valence-electron chi connectivity index (χ3n) is 4.07. The molecule has 5 heteroatoms. The highest BCUT2D eigenvalue weighted by molar-refractivity contribution is 5.93. The van der Waals surface area contributed by atoms with Gasteiger partial charge in [0.15, 0.2) is 0 Å². The van der Waals surface area contributed by atoms with Gasteiger partial charge in [-0.2, -0.15) is 0 Å². The first-order chi connectivity index (χ1) is 11.8. The maximum absolute atomic E-state index is 12.5. The Labute approximate surface area is 152 Å². The number of nitrogens with one attached hydrogen (secondary N) is 3. The Balaban J connectivity index is 2.51. The molecule has 0 fully saturated rings. The predicted octanol–water partition coefficient (Wildman–Crippen LogP) is 4.16. The summed E-state index contributed by atoms with van der Waals surface area (Å²) in [6, 6.07) is 8.37. The van der Waals surface area contributed by atoms with Gasteiger partial charge in [0.25, 0.3) is 0 Å². The third kappa shape index (κ3) is 8.57. The molecule has 0 radical (unpaired) electrons. The lowest BCUT2D eigenvalue weighted by molar-refractivity contribution is -0.124. The molecule has 25 heavy (non-hydrogen) atoms. The smallest absolute Gasteiger partial charge is 0.319 e. The second-order valence-electron chi connectivity index (χ2n) is 7.42. The molecular formula is C20H33N3O2. The van der Waals surface area contributed by atoms with Crippen LogP contribution in [0.1, 0.15) is 53.9 Å². The van der Waals surface area contributed by atoms with Gasteiger partial charge in [-0.25, -0.2) is 4.79 Å². The molecule has 3 N–H and O–H groups in total. The number of benzene rings is 1. The molecule has 1 aromatic rings. The summed E-state index contributed by atoms with van der Waals surface area (Å²) in [7, 11) is 0. The van der Waals surface area contributed by atoms with Crippen LogP contribution in [0.2, 0.25) is 0 Å². The van der Waals surface area contributed by atoms with Gasteiger partial charge in [0, 0.05) is 11.7 Å². The van der Waals surface area contributed by atoms with Crippen LogP contribution in [0.3, 0.4) is 0 Å². The molecule has 1 aromatic carbocycles. The van der Waals surface area contributed by atoms with Crippen molar-refractivity contribution in [3.8, 4) is 0 Å². The SMILES string of the molecule is CC(C)CCCC(C)NC(=O)C(NC(=O)Nc1ccccc1)C(C)C. The molecule has 0 heterocycles. The Kier molecular flexibility index (Phi) is 9.03. The van der Waals surface area contributed by atoms with Crippen LogP contribution < -0.4 is 16.0 Å². The summed E-state index contributed by atoms with van der Waals surface area (Å²) in [5.74, 6) is 0.550. The van der Waals surface area contributed by atoms with E-state index in [0.29, 0.717) is 11.6 Å². The third-order valence-corrected chi connectivity index (χ3v) is 4.07. The summed E-state index contributed by atoms with van der Waals surface area (Å²) >= 11 is 0. The van der Waals surface area contributed by atoms with Crippen molar-refractivity contribution in [1.82, 2.24) is 10.6 Å². The summed E-state index contributed by atoms with van der Waals surface area (Å²) in [5.41, 5.74) is 0.699. The van der Waals surface area contributed by atoms with Crippen LogP contribution >= 0.6 is 0 Å². The Morgan fingerprint density at radius 1 is 0.920 bits per heavy atom. The molecule has 1 rings (SSSR count). The number of rotatable bonds is 9. The molecule has 0 saturated carbocycles. The summed E-state index contributed by atoms with van der Waals surface area (Å²) < 4.78 is 0. The van der Waals surface area contributed by atoms with E-state index in [2.05, 4.69) is 29.8 Å². The van der Waals surface area contributed by atoms with Crippen molar-refractivity contribution < 1.29 is 9.59 Å². The molecule has 0 aliphatic rings. The molecule has 0 aliphatic heterocycles. The first kappa shape index (κ1) is 21.0. The summed E-state index contributed by atoms with van der Waals surface area (Å²) in [6.45, 7) is 10.3. The van der Waals surface area contributed by atoms with Crippen LogP contribution in [0.5, 0.6) is 0 Å². The summed E-state index contributed by atoms with van der Waals surface area (Å²) in [5, 5.41) is 8.56. The Morgan fingerprint density at radius 3 is 2.12 bits per heavy atom. The Hall–Kier alpha value is -2.04. The van der Waals surface area contributed by atoms with Gasteiger partial charge in [0.1, 0.15) is 6.04 Å². The summed E-state index contributed by atoms with van der Waals surface area (Å²) in [4.78, 5) is 24.7. The van der Waals surface area contributed by atoms with Crippen LogP contribution in [0.25, 0.3) is 0 Å². The highest BCUT2D eigenvalue weighted by Crippen LogP contribution is 2.10. The van der Waals surface area contributed by atoms with E-state index in [-0.39, 0.29) is 23.9 Å². The molecule has 0 bridgehead atoms. The minimum atomic E-state index is -0.559. The number of hydrogen-bond donors (Lipinski definition) is 3. The van der Waals surface area contributed by atoms with Crippen LogP contribution in [-0.4, -0.2) is 24.0 Å². The first-order valence-electron chi connectivity index (χ1n) is 9.22. The van der Waals surface area contributed by atoms with Crippen molar-refractivity contribution in [2.75, 3.05) is 5.32 Å². The molecule has 0 saturated heterocycles. The van der Waals surface area contributed by atoms with Crippen molar-refractivity contribution in [1.29, 1.82) is 0 Å². The zero-order chi connectivity index (χ0) is 18.8. The normalized spacial score (nSPS) is 13.4. The molecule has 3 amide bonds. The quantitative estimate of drug-likeness (QED) is 0.627. The van der Waals surface area contributed by atoms with Gasteiger partial charge < -0.3 is 16.0 Å². The van der Waals surface area contributed by atoms with Crippen LogP contribution in [-0.2, 0) is 4.79 Å². The first-order valence-corrected chi connectivity index (χ1v) is 9.22. The molecule has 0 spiro atoms. The minimum absolute atomic E-state index is 0.00406. The molecule has 140 valence electrons. The van der Waals surface area contributed by atoms with E-state index in [4.69, 9.17) is 0 Å². The van der Waals surface area contributed by atoms with Gasteiger partial charge >= 0.3 is 6.03 Å². The van der Waals surface area contributed by atoms with Crippen molar-refractivity contribution in [2.45, 2.75) is 66.0 Å². The number of carbonyl (C=O) groups excluding carboxylic acids is 2.